The predicted octanol–water partition coefficient (Wildman–Crippen LogP) is 1.84. The van der Waals surface area contributed by atoms with Crippen molar-refractivity contribution < 1.29 is 19.4 Å². The van der Waals surface area contributed by atoms with Gasteiger partial charge < -0.3 is 25.2 Å². The smallest absolute Gasteiger partial charge is 0.315 e. The maximum absolute atomic E-state index is 12.0. The van der Waals surface area contributed by atoms with Crippen LogP contribution in [0.2, 0.25) is 0 Å². The van der Waals surface area contributed by atoms with Crippen LogP contribution in [0.15, 0.2) is 24.3 Å². The molecule has 1 heterocycles. The molecule has 128 valence electrons. The van der Waals surface area contributed by atoms with Gasteiger partial charge in [0.1, 0.15) is 5.75 Å². The molecule has 0 saturated carbocycles. The average Bonchev–Trinajstić information content (AvgIpc) is 2.53. The van der Waals surface area contributed by atoms with Gasteiger partial charge in [0, 0.05) is 25.1 Å². The molecule has 1 aliphatic heterocycles. The highest BCUT2D eigenvalue weighted by atomic mass is 16.5. The third-order valence-electron chi connectivity index (χ3n) is 3.52. The van der Waals surface area contributed by atoms with Crippen LogP contribution in [0.5, 0.6) is 5.75 Å². The van der Waals surface area contributed by atoms with E-state index >= 15 is 0 Å². The zero-order valence-corrected chi connectivity index (χ0v) is 13.7. The van der Waals surface area contributed by atoms with Gasteiger partial charge in [-0.3, -0.25) is 0 Å². The van der Waals surface area contributed by atoms with E-state index in [1.807, 2.05) is 38.1 Å². The molecule has 1 aliphatic rings. The average molecular weight is 322 g/mol. The molecule has 1 aromatic carbocycles. The number of hydrogen-bond donors (Lipinski definition) is 3. The lowest BCUT2D eigenvalue weighted by Gasteiger charge is -2.26. The summed E-state index contributed by atoms with van der Waals surface area (Å²) in [5.74, 6) is 1.23. The summed E-state index contributed by atoms with van der Waals surface area (Å²) in [6.07, 6.45) is 0.0197. The minimum absolute atomic E-state index is 0.0747. The van der Waals surface area contributed by atoms with Crippen LogP contribution in [-0.2, 0) is 4.74 Å². The Hall–Kier alpha value is -1.79. The molecule has 6 heteroatoms. The van der Waals surface area contributed by atoms with Crippen molar-refractivity contribution in [3.8, 4) is 5.75 Å². The van der Waals surface area contributed by atoms with Gasteiger partial charge in [-0.2, -0.15) is 0 Å². The second kappa shape index (κ2) is 8.74. The van der Waals surface area contributed by atoms with Crippen LogP contribution >= 0.6 is 0 Å². The molecule has 0 aliphatic carbocycles. The molecule has 0 radical (unpaired) electrons. The van der Waals surface area contributed by atoms with Gasteiger partial charge in [-0.1, -0.05) is 32.0 Å². The van der Waals surface area contributed by atoms with Crippen LogP contribution < -0.4 is 15.4 Å². The Morgan fingerprint density at radius 3 is 2.96 bits per heavy atom. The van der Waals surface area contributed by atoms with Crippen LogP contribution in [0.3, 0.4) is 0 Å². The fourth-order valence-electron chi connectivity index (χ4n) is 2.41. The van der Waals surface area contributed by atoms with E-state index in [2.05, 4.69) is 10.6 Å². The molecule has 0 spiro atoms. The lowest BCUT2D eigenvalue weighted by Crippen LogP contribution is -2.43. The molecular formula is C17H26N2O4. The Bertz CT molecular complexity index is 507. The summed E-state index contributed by atoms with van der Waals surface area (Å²) in [7, 11) is 0. The first-order valence-corrected chi connectivity index (χ1v) is 8.08. The minimum Gasteiger partial charge on any atom is -0.493 e. The zero-order chi connectivity index (χ0) is 16.7. The van der Waals surface area contributed by atoms with E-state index in [9.17, 15) is 9.90 Å². The van der Waals surface area contributed by atoms with Gasteiger partial charge in [-0.25, -0.2) is 4.79 Å². The summed E-state index contributed by atoms with van der Waals surface area (Å²) in [5.41, 5.74) is 0.981. The monoisotopic (exact) mass is 322 g/mol. The van der Waals surface area contributed by atoms with E-state index < -0.39 is 6.10 Å². The maximum Gasteiger partial charge on any atom is 0.315 e. The number of aliphatic hydroxyl groups is 1. The van der Waals surface area contributed by atoms with Crippen LogP contribution in [0.1, 0.15) is 31.9 Å². The summed E-state index contributed by atoms with van der Waals surface area (Å²) < 4.78 is 10.9. The van der Waals surface area contributed by atoms with Gasteiger partial charge in [-0.15, -0.1) is 0 Å². The molecule has 0 bridgehead atoms. The van der Waals surface area contributed by atoms with Crippen molar-refractivity contribution in [1.82, 2.24) is 10.6 Å². The van der Waals surface area contributed by atoms with Crippen molar-refractivity contribution in [2.24, 2.45) is 5.92 Å². The Kier molecular flexibility index (Phi) is 6.67. The number of amides is 2. The van der Waals surface area contributed by atoms with Crippen molar-refractivity contribution >= 4 is 6.03 Å². The van der Waals surface area contributed by atoms with Gasteiger partial charge in [0.25, 0.3) is 0 Å². The molecule has 0 saturated heterocycles. The summed E-state index contributed by atoms with van der Waals surface area (Å²) in [6, 6.07) is 7.32. The number of hydrogen-bond acceptors (Lipinski definition) is 4. The van der Waals surface area contributed by atoms with Gasteiger partial charge >= 0.3 is 6.03 Å². The van der Waals surface area contributed by atoms with Crippen molar-refractivity contribution in [3.05, 3.63) is 29.8 Å². The van der Waals surface area contributed by atoms with Crippen molar-refractivity contribution in [1.29, 1.82) is 0 Å². The number of ether oxygens (including phenoxy) is 2. The lowest BCUT2D eigenvalue weighted by molar-refractivity contribution is 0.0272. The van der Waals surface area contributed by atoms with Crippen molar-refractivity contribution in [2.75, 3.05) is 26.4 Å². The van der Waals surface area contributed by atoms with E-state index in [0.29, 0.717) is 19.1 Å². The first-order valence-electron chi connectivity index (χ1n) is 8.08. The molecule has 23 heavy (non-hydrogen) atoms. The number of fused-ring (bicyclic) bond motifs is 1. The Morgan fingerprint density at radius 1 is 1.39 bits per heavy atom. The molecule has 6 nitrogen and oxygen atoms in total. The van der Waals surface area contributed by atoms with Crippen LogP contribution in [0.25, 0.3) is 0 Å². The summed E-state index contributed by atoms with van der Waals surface area (Å²) in [4.78, 5) is 12.0. The Balaban J connectivity index is 1.73. The number of benzene rings is 1. The van der Waals surface area contributed by atoms with E-state index in [4.69, 9.17) is 9.47 Å². The third kappa shape index (κ3) is 5.73. The highest BCUT2D eigenvalue weighted by Crippen LogP contribution is 2.31. The normalized spacial score (nSPS) is 18.0. The number of rotatable bonds is 7. The van der Waals surface area contributed by atoms with E-state index in [-0.39, 0.29) is 25.2 Å². The van der Waals surface area contributed by atoms with Crippen LogP contribution in [0.4, 0.5) is 4.79 Å². The molecule has 0 aromatic heterocycles. The molecule has 2 atom stereocenters. The molecule has 3 N–H and O–H groups in total. The first kappa shape index (κ1) is 17.6. The Labute approximate surface area is 137 Å². The van der Waals surface area contributed by atoms with Crippen molar-refractivity contribution in [2.45, 2.75) is 32.4 Å². The SMILES string of the molecule is CC(C)COCC(O)CNC(=O)NC1CCOc2ccccc21. The minimum atomic E-state index is -0.707. The molecular weight excluding hydrogens is 296 g/mol. The van der Waals surface area contributed by atoms with Gasteiger partial charge in [0.05, 0.1) is 25.4 Å². The van der Waals surface area contributed by atoms with Gasteiger partial charge in [0.15, 0.2) is 0 Å². The molecule has 1 aromatic rings. The second-order valence-electron chi connectivity index (χ2n) is 6.17. The fourth-order valence-corrected chi connectivity index (χ4v) is 2.41. The van der Waals surface area contributed by atoms with Crippen LogP contribution in [0, 0.1) is 5.92 Å². The van der Waals surface area contributed by atoms with Gasteiger partial charge in [0.2, 0.25) is 0 Å². The second-order valence-corrected chi connectivity index (χ2v) is 6.17. The molecule has 2 rings (SSSR count). The van der Waals surface area contributed by atoms with Gasteiger partial charge in [-0.05, 0) is 12.0 Å². The van der Waals surface area contributed by atoms with E-state index in [0.717, 1.165) is 17.7 Å². The highest BCUT2D eigenvalue weighted by molar-refractivity contribution is 5.74. The van der Waals surface area contributed by atoms with E-state index in [1.54, 1.807) is 0 Å². The molecule has 2 amide bonds. The largest absolute Gasteiger partial charge is 0.493 e. The summed E-state index contributed by atoms with van der Waals surface area (Å²) in [5, 5.41) is 15.4. The zero-order valence-electron chi connectivity index (χ0n) is 13.7. The molecule has 0 fully saturated rings. The number of carbonyl (C=O) groups excluding carboxylic acids is 1. The van der Waals surface area contributed by atoms with Crippen LogP contribution in [-0.4, -0.2) is 43.6 Å². The topological polar surface area (TPSA) is 79.8 Å². The number of aliphatic hydroxyl groups excluding tert-OH is 1. The first-order chi connectivity index (χ1) is 11.1. The van der Waals surface area contributed by atoms with E-state index in [1.165, 1.54) is 0 Å². The fraction of sp³-hybridized carbons (Fsp3) is 0.588. The Morgan fingerprint density at radius 2 is 2.17 bits per heavy atom. The number of para-hydroxylation sites is 1. The summed E-state index contributed by atoms with van der Waals surface area (Å²) in [6.45, 7) is 5.65. The standard InChI is InChI=1S/C17H26N2O4/c1-12(2)10-22-11-13(20)9-18-17(21)19-15-7-8-23-16-6-4-3-5-14(15)16/h3-6,12-13,15,20H,7-11H2,1-2H3,(H2,18,19,21). The lowest BCUT2D eigenvalue weighted by atomic mass is 10.0. The third-order valence-corrected chi connectivity index (χ3v) is 3.52. The quantitative estimate of drug-likeness (QED) is 0.716. The highest BCUT2D eigenvalue weighted by Gasteiger charge is 2.22. The maximum atomic E-state index is 12.0. The predicted molar refractivity (Wildman–Crippen MR) is 87.5 cm³/mol. The number of urea groups is 1. The molecule has 2 unspecified atom stereocenters. The summed E-state index contributed by atoms with van der Waals surface area (Å²) >= 11 is 0. The number of nitrogens with one attached hydrogen (secondary N) is 2. The number of carbonyl (C=O) groups is 1. The van der Waals surface area contributed by atoms with Crippen molar-refractivity contribution in [3.63, 3.8) is 0 Å².